The van der Waals surface area contributed by atoms with E-state index in [2.05, 4.69) is 16.2 Å². The molecule has 148 valence electrons. The van der Waals surface area contributed by atoms with Gasteiger partial charge in [0, 0.05) is 11.1 Å². The van der Waals surface area contributed by atoms with E-state index in [1.807, 2.05) is 52.0 Å². The molecule has 0 unspecified atom stereocenters. The molecule has 3 N–H and O–H groups in total. The molecule has 0 aliphatic rings. The molecule has 0 aliphatic heterocycles. The van der Waals surface area contributed by atoms with Gasteiger partial charge in [-0.15, -0.1) is 0 Å². The molecule has 3 amide bonds. The average molecular weight is 381 g/mol. The second-order valence-corrected chi connectivity index (χ2v) is 7.06. The highest BCUT2D eigenvalue weighted by molar-refractivity contribution is 5.99. The number of hydrazine groups is 1. The van der Waals surface area contributed by atoms with Gasteiger partial charge in [-0.25, -0.2) is 0 Å². The van der Waals surface area contributed by atoms with Crippen molar-refractivity contribution in [2.45, 2.75) is 40.2 Å². The van der Waals surface area contributed by atoms with E-state index in [1.165, 1.54) is 0 Å². The summed E-state index contributed by atoms with van der Waals surface area (Å²) in [6.45, 7) is 7.62. The fraction of sp³-hybridized carbons (Fsp3) is 0.318. The Morgan fingerprint density at radius 3 is 1.89 bits per heavy atom. The molecular weight excluding hydrogens is 354 g/mol. The van der Waals surface area contributed by atoms with Gasteiger partial charge in [-0.1, -0.05) is 50.6 Å². The van der Waals surface area contributed by atoms with Crippen LogP contribution in [0.15, 0.2) is 48.5 Å². The zero-order chi connectivity index (χ0) is 20.7. The van der Waals surface area contributed by atoms with Crippen LogP contribution in [0.4, 0.5) is 0 Å². The number of amides is 3. The van der Waals surface area contributed by atoms with Crippen LogP contribution in [0.1, 0.15) is 52.6 Å². The Morgan fingerprint density at radius 1 is 0.821 bits per heavy atom. The van der Waals surface area contributed by atoms with Gasteiger partial charge in [-0.2, -0.15) is 0 Å². The zero-order valence-electron chi connectivity index (χ0n) is 16.7. The molecule has 2 aromatic carbocycles. The first-order chi connectivity index (χ1) is 13.3. The molecule has 0 saturated carbocycles. The second kappa shape index (κ2) is 9.69. The van der Waals surface area contributed by atoms with Crippen LogP contribution in [0.2, 0.25) is 0 Å². The lowest BCUT2D eigenvalue weighted by Gasteiger charge is -2.22. The van der Waals surface area contributed by atoms with Crippen LogP contribution in [-0.4, -0.2) is 23.8 Å². The van der Waals surface area contributed by atoms with E-state index in [0.29, 0.717) is 11.1 Å². The van der Waals surface area contributed by atoms with Gasteiger partial charge in [0.1, 0.15) is 6.04 Å². The van der Waals surface area contributed by atoms with Crippen molar-refractivity contribution in [3.8, 4) is 0 Å². The molecule has 0 spiro atoms. The summed E-state index contributed by atoms with van der Waals surface area (Å²) in [6.07, 6.45) is 0.884. The standard InChI is InChI=1S/C22H27N3O3/c1-5-16-8-12-18(13-9-16)21(27)24-25-22(28)19(14(2)3)23-20(26)17-10-6-15(4)7-11-17/h6-14,19H,5H2,1-4H3,(H,23,26)(H,24,27)(H,25,28)/t19-/m0/s1. The Morgan fingerprint density at radius 2 is 1.36 bits per heavy atom. The van der Waals surface area contributed by atoms with Crippen LogP contribution in [0, 0.1) is 12.8 Å². The number of rotatable bonds is 6. The number of benzene rings is 2. The molecule has 0 bridgehead atoms. The zero-order valence-corrected chi connectivity index (χ0v) is 16.7. The topological polar surface area (TPSA) is 87.3 Å². The quantitative estimate of drug-likeness (QED) is 0.673. The third-order valence-corrected chi connectivity index (χ3v) is 4.47. The van der Waals surface area contributed by atoms with E-state index < -0.39 is 17.9 Å². The Labute approximate surface area is 165 Å². The highest BCUT2D eigenvalue weighted by Crippen LogP contribution is 2.07. The number of carbonyl (C=O) groups excluding carboxylic acids is 3. The van der Waals surface area contributed by atoms with Gasteiger partial charge in [0.15, 0.2) is 0 Å². The van der Waals surface area contributed by atoms with Gasteiger partial charge in [0.05, 0.1) is 0 Å². The van der Waals surface area contributed by atoms with E-state index in [1.54, 1.807) is 24.3 Å². The molecule has 0 radical (unpaired) electrons. The highest BCUT2D eigenvalue weighted by Gasteiger charge is 2.25. The fourth-order valence-corrected chi connectivity index (χ4v) is 2.62. The Bertz CT molecular complexity index is 827. The van der Waals surface area contributed by atoms with Crippen LogP contribution in [0.3, 0.4) is 0 Å². The van der Waals surface area contributed by atoms with Gasteiger partial charge < -0.3 is 5.32 Å². The predicted molar refractivity (Wildman–Crippen MR) is 109 cm³/mol. The van der Waals surface area contributed by atoms with E-state index in [4.69, 9.17) is 0 Å². The van der Waals surface area contributed by atoms with Gasteiger partial charge >= 0.3 is 0 Å². The molecule has 6 heteroatoms. The maximum absolute atomic E-state index is 12.5. The maximum Gasteiger partial charge on any atom is 0.269 e. The van der Waals surface area contributed by atoms with E-state index in [-0.39, 0.29) is 11.8 Å². The summed E-state index contributed by atoms with van der Waals surface area (Å²) < 4.78 is 0. The number of nitrogens with one attached hydrogen (secondary N) is 3. The molecule has 28 heavy (non-hydrogen) atoms. The van der Waals surface area contributed by atoms with Gasteiger partial charge in [0.2, 0.25) is 0 Å². The maximum atomic E-state index is 12.5. The number of hydrogen-bond acceptors (Lipinski definition) is 3. The van der Waals surface area contributed by atoms with Gasteiger partial charge in [-0.05, 0) is 49.1 Å². The summed E-state index contributed by atoms with van der Waals surface area (Å²) in [7, 11) is 0. The van der Waals surface area contributed by atoms with Crippen LogP contribution < -0.4 is 16.2 Å². The van der Waals surface area contributed by atoms with Crippen molar-refractivity contribution in [3.05, 3.63) is 70.8 Å². The summed E-state index contributed by atoms with van der Waals surface area (Å²) >= 11 is 0. The molecular formula is C22H27N3O3. The first kappa shape index (κ1) is 21.2. The lowest BCUT2D eigenvalue weighted by atomic mass is 10.0. The average Bonchev–Trinajstić information content (AvgIpc) is 2.70. The highest BCUT2D eigenvalue weighted by atomic mass is 16.2. The monoisotopic (exact) mass is 381 g/mol. The van der Waals surface area contributed by atoms with Gasteiger partial charge in [0.25, 0.3) is 17.7 Å². The summed E-state index contributed by atoms with van der Waals surface area (Å²) in [5.74, 6) is -1.39. The minimum atomic E-state index is -0.781. The Hall–Kier alpha value is -3.15. The summed E-state index contributed by atoms with van der Waals surface area (Å²) in [5.41, 5.74) is 7.90. The predicted octanol–water partition coefficient (Wildman–Crippen LogP) is 2.77. The first-order valence-electron chi connectivity index (χ1n) is 9.38. The lowest BCUT2D eigenvalue weighted by Crippen LogP contribution is -2.54. The summed E-state index contributed by atoms with van der Waals surface area (Å²) in [4.78, 5) is 37.1. The summed E-state index contributed by atoms with van der Waals surface area (Å²) in [6, 6.07) is 13.5. The molecule has 0 aliphatic carbocycles. The first-order valence-corrected chi connectivity index (χ1v) is 9.38. The SMILES string of the molecule is CCc1ccc(C(=O)NNC(=O)[C@@H](NC(=O)c2ccc(C)cc2)C(C)C)cc1. The van der Waals surface area contributed by atoms with Crippen molar-refractivity contribution in [2.24, 2.45) is 5.92 Å². The third kappa shape index (κ3) is 5.67. The van der Waals surface area contributed by atoms with E-state index >= 15 is 0 Å². The fourth-order valence-electron chi connectivity index (χ4n) is 2.62. The van der Waals surface area contributed by atoms with Crippen LogP contribution >= 0.6 is 0 Å². The van der Waals surface area contributed by atoms with Crippen molar-refractivity contribution in [1.82, 2.24) is 16.2 Å². The number of aryl methyl sites for hydroxylation is 2. The Balaban J connectivity index is 1.97. The largest absolute Gasteiger partial charge is 0.340 e. The van der Waals surface area contributed by atoms with Crippen molar-refractivity contribution in [3.63, 3.8) is 0 Å². The van der Waals surface area contributed by atoms with Crippen molar-refractivity contribution in [2.75, 3.05) is 0 Å². The van der Waals surface area contributed by atoms with E-state index in [0.717, 1.165) is 17.5 Å². The number of carbonyl (C=O) groups is 3. The molecule has 6 nitrogen and oxygen atoms in total. The van der Waals surface area contributed by atoms with Crippen molar-refractivity contribution < 1.29 is 14.4 Å². The van der Waals surface area contributed by atoms with Gasteiger partial charge in [-0.3, -0.25) is 25.2 Å². The molecule has 2 aromatic rings. The van der Waals surface area contributed by atoms with E-state index in [9.17, 15) is 14.4 Å². The Kier molecular flexibility index (Phi) is 7.32. The van der Waals surface area contributed by atoms with Crippen LogP contribution in [0.5, 0.6) is 0 Å². The van der Waals surface area contributed by atoms with Crippen LogP contribution in [0.25, 0.3) is 0 Å². The third-order valence-electron chi connectivity index (χ3n) is 4.47. The minimum Gasteiger partial charge on any atom is -0.340 e. The molecule has 2 rings (SSSR count). The molecule has 0 aromatic heterocycles. The lowest BCUT2D eigenvalue weighted by molar-refractivity contribution is -0.124. The molecule has 1 atom stereocenters. The smallest absolute Gasteiger partial charge is 0.269 e. The molecule has 0 fully saturated rings. The van der Waals surface area contributed by atoms with Crippen molar-refractivity contribution >= 4 is 17.7 Å². The van der Waals surface area contributed by atoms with Crippen LogP contribution in [-0.2, 0) is 11.2 Å². The number of hydrogen-bond donors (Lipinski definition) is 3. The minimum absolute atomic E-state index is 0.157. The summed E-state index contributed by atoms with van der Waals surface area (Å²) in [5, 5.41) is 2.73. The second-order valence-electron chi connectivity index (χ2n) is 7.06. The molecule has 0 heterocycles. The molecule has 0 saturated heterocycles. The normalized spacial score (nSPS) is 11.6. The van der Waals surface area contributed by atoms with Crippen molar-refractivity contribution in [1.29, 1.82) is 0 Å².